The maximum Gasteiger partial charge on any atom is 0.225 e. The van der Waals surface area contributed by atoms with Gasteiger partial charge in [-0.2, -0.15) is 0 Å². The number of nitrogens with zero attached hydrogens (tertiary/aromatic N) is 2. The van der Waals surface area contributed by atoms with Crippen molar-refractivity contribution in [2.75, 3.05) is 0 Å². The van der Waals surface area contributed by atoms with Gasteiger partial charge in [-0.05, 0) is 24.3 Å². The molecule has 1 heterocycles. The van der Waals surface area contributed by atoms with Gasteiger partial charge in [-0.15, -0.1) is 11.3 Å². The third-order valence-electron chi connectivity index (χ3n) is 4.80. The van der Waals surface area contributed by atoms with Crippen LogP contribution in [0.2, 0.25) is 0 Å². The normalized spacial score (nSPS) is 13.9. The monoisotopic (exact) mass is 380 g/mol. The summed E-state index contributed by atoms with van der Waals surface area (Å²) >= 11 is 1.59. The highest BCUT2D eigenvalue weighted by Crippen LogP contribution is 2.30. The molecule has 140 valence electrons. The number of aromatic nitrogens is 1. The molecule has 1 fully saturated rings. The van der Waals surface area contributed by atoms with Crippen LogP contribution >= 0.6 is 11.3 Å². The Bertz CT molecular complexity index is 941. The zero-order chi connectivity index (χ0) is 18.8. The summed E-state index contributed by atoms with van der Waals surface area (Å²) in [4.78, 5) is 19.1. The Morgan fingerprint density at radius 1 is 1.22 bits per heavy atom. The summed E-state index contributed by atoms with van der Waals surface area (Å²) in [6.07, 6.45) is 2.22. The number of amides is 1. The van der Waals surface area contributed by atoms with E-state index in [1.54, 1.807) is 11.3 Å². The smallest absolute Gasteiger partial charge is 0.225 e. The minimum atomic E-state index is 0.0263. The molecule has 0 N–H and O–H groups in total. The fraction of sp³-hybridized carbons (Fsp3) is 0.364. The molecule has 0 spiro atoms. The van der Waals surface area contributed by atoms with Crippen LogP contribution in [0.15, 0.2) is 47.8 Å². The first-order valence-corrected chi connectivity index (χ1v) is 10.3. The second-order valence-electron chi connectivity index (χ2n) is 7.35. The van der Waals surface area contributed by atoms with Crippen molar-refractivity contribution in [2.24, 2.45) is 5.92 Å². The van der Waals surface area contributed by atoms with Crippen molar-refractivity contribution in [1.29, 1.82) is 0 Å². The van der Waals surface area contributed by atoms with Gasteiger partial charge in [0.15, 0.2) is 0 Å². The third kappa shape index (κ3) is 4.14. The minimum absolute atomic E-state index is 0.0263. The van der Waals surface area contributed by atoms with Gasteiger partial charge in [0, 0.05) is 22.7 Å². The third-order valence-corrected chi connectivity index (χ3v) is 5.67. The second-order valence-corrected chi connectivity index (χ2v) is 8.29. The van der Waals surface area contributed by atoms with Crippen LogP contribution in [0.3, 0.4) is 0 Å². The fourth-order valence-corrected chi connectivity index (χ4v) is 3.92. The largest absolute Gasteiger partial charge is 0.486 e. The molecule has 1 saturated carbocycles. The number of carbonyl (C=O) groups excluding carboxylic acids is 1. The molecule has 5 heteroatoms. The molecular weight excluding hydrogens is 356 g/mol. The molecule has 4 rings (SSSR count). The fourth-order valence-electron chi connectivity index (χ4n) is 3.23. The zero-order valence-corrected chi connectivity index (χ0v) is 16.5. The molecule has 0 bridgehead atoms. The van der Waals surface area contributed by atoms with Crippen molar-refractivity contribution in [3.8, 4) is 5.75 Å². The Kier molecular flexibility index (Phi) is 5.12. The van der Waals surface area contributed by atoms with Crippen LogP contribution in [0, 0.1) is 5.92 Å². The second kappa shape index (κ2) is 7.69. The van der Waals surface area contributed by atoms with Gasteiger partial charge >= 0.3 is 0 Å². The van der Waals surface area contributed by atoms with Crippen LogP contribution < -0.4 is 4.74 Å². The molecule has 1 aromatic heterocycles. The van der Waals surface area contributed by atoms with Crippen LogP contribution in [-0.4, -0.2) is 21.8 Å². The van der Waals surface area contributed by atoms with Crippen LogP contribution in [0.25, 0.3) is 10.8 Å². The maximum absolute atomic E-state index is 12.4. The SMILES string of the molecule is CC(C)C(=O)N(Cc1csc(COc2cccc3ccccc23)n1)C1CC1. The highest BCUT2D eigenvalue weighted by molar-refractivity contribution is 7.09. The topological polar surface area (TPSA) is 42.4 Å². The van der Waals surface area contributed by atoms with Crippen LogP contribution in [-0.2, 0) is 17.9 Å². The Labute approximate surface area is 163 Å². The number of hydrogen-bond acceptors (Lipinski definition) is 4. The molecule has 1 amide bonds. The number of fused-ring (bicyclic) bond motifs is 1. The number of hydrogen-bond donors (Lipinski definition) is 0. The Morgan fingerprint density at radius 2 is 2.00 bits per heavy atom. The lowest BCUT2D eigenvalue weighted by Gasteiger charge is -2.23. The number of ether oxygens (including phenoxy) is 1. The first-order chi connectivity index (χ1) is 13.1. The predicted molar refractivity (Wildman–Crippen MR) is 109 cm³/mol. The maximum atomic E-state index is 12.4. The molecule has 1 aliphatic rings. The molecule has 27 heavy (non-hydrogen) atoms. The van der Waals surface area contributed by atoms with Crippen molar-refractivity contribution in [3.05, 3.63) is 58.5 Å². The Balaban J connectivity index is 1.43. The van der Waals surface area contributed by atoms with Crippen molar-refractivity contribution in [1.82, 2.24) is 9.88 Å². The summed E-state index contributed by atoms with van der Waals surface area (Å²) in [5.74, 6) is 1.12. The first-order valence-electron chi connectivity index (χ1n) is 9.46. The molecule has 0 saturated heterocycles. The molecule has 4 nitrogen and oxygen atoms in total. The molecule has 3 aromatic rings. The lowest BCUT2D eigenvalue weighted by molar-refractivity contribution is -0.135. The van der Waals surface area contributed by atoms with E-state index in [-0.39, 0.29) is 11.8 Å². The summed E-state index contributed by atoms with van der Waals surface area (Å²) in [6.45, 7) is 4.97. The van der Waals surface area contributed by atoms with Gasteiger partial charge in [0.1, 0.15) is 17.4 Å². The number of thiazole rings is 1. The van der Waals surface area contributed by atoms with Crippen molar-refractivity contribution < 1.29 is 9.53 Å². The molecule has 1 aliphatic carbocycles. The summed E-state index contributed by atoms with van der Waals surface area (Å²) in [5, 5.41) is 5.26. The van der Waals surface area contributed by atoms with Crippen LogP contribution in [0.1, 0.15) is 37.4 Å². The lowest BCUT2D eigenvalue weighted by atomic mass is 10.1. The molecule has 0 atom stereocenters. The van der Waals surface area contributed by atoms with Gasteiger partial charge in [0.05, 0.1) is 12.2 Å². The molecule has 0 aliphatic heterocycles. The Morgan fingerprint density at radius 3 is 2.78 bits per heavy atom. The average Bonchev–Trinajstić information content (AvgIpc) is 3.43. The van der Waals surface area contributed by atoms with E-state index in [1.807, 2.05) is 48.4 Å². The van der Waals surface area contributed by atoms with Crippen LogP contribution in [0.5, 0.6) is 5.75 Å². The molecule has 2 aromatic carbocycles. The molecule has 0 radical (unpaired) electrons. The summed E-state index contributed by atoms with van der Waals surface area (Å²) in [6, 6.07) is 14.7. The molecular formula is C22H24N2O2S. The van der Waals surface area contributed by atoms with E-state index in [4.69, 9.17) is 9.72 Å². The molecule has 0 unspecified atom stereocenters. The lowest BCUT2D eigenvalue weighted by Crippen LogP contribution is -2.35. The average molecular weight is 381 g/mol. The number of benzene rings is 2. The minimum Gasteiger partial charge on any atom is -0.486 e. The van der Waals surface area contributed by atoms with E-state index in [2.05, 4.69) is 18.2 Å². The zero-order valence-electron chi connectivity index (χ0n) is 15.7. The summed E-state index contributed by atoms with van der Waals surface area (Å²) in [7, 11) is 0. The van der Waals surface area contributed by atoms with E-state index in [0.717, 1.165) is 34.7 Å². The highest BCUT2D eigenvalue weighted by Gasteiger charge is 2.33. The van der Waals surface area contributed by atoms with E-state index in [0.29, 0.717) is 19.2 Å². The van der Waals surface area contributed by atoms with E-state index in [9.17, 15) is 4.79 Å². The highest BCUT2D eigenvalue weighted by atomic mass is 32.1. The van der Waals surface area contributed by atoms with E-state index in [1.165, 1.54) is 5.39 Å². The standard InChI is InChI=1S/C22H24N2O2S/c1-15(2)22(25)24(18-10-11-18)12-17-14-27-21(23-17)13-26-20-9-5-7-16-6-3-4-8-19(16)20/h3-9,14-15,18H,10-13H2,1-2H3. The van der Waals surface area contributed by atoms with Gasteiger partial charge in [0.25, 0.3) is 0 Å². The van der Waals surface area contributed by atoms with E-state index >= 15 is 0 Å². The van der Waals surface area contributed by atoms with Gasteiger partial charge < -0.3 is 9.64 Å². The van der Waals surface area contributed by atoms with Gasteiger partial charge in [-0.1, -0.05) is 50.2 Å². The quantitative estimate of drug-likeness (QED) is 0.578. The van der Waals surface area contributed by atoms with E-state index < -0.39 is 0 Å². The van der Waals surface area contributed by atoms with Crippen molar-refractivity contribution >= 4 is 28.0 Å². The summed E-state index contributed by atoms with van der Waals surface area (Å²) in [5.41, 5.74) is 0.956. The van der Waals surface area contributed by atoms with Gasteiger partial charge in [-0.25, -0.2) is 4.98 Å². The first kappa shape index (κ1) is 18.0. The van der Waals surface area contributed by atoms with Gasteiger partial charge in [0.2, 0.25) is 5.91 Å². The summed E-state index contributed by atoms with van der Waals surface area (Å²) < 4.78 is 6.04. The van der Waals surface area contributed by atoms with Crippen LogP contribution in [0.4, 0.5) is 0 Å². The van der Waals surface area contributed by atoms with Crippen molar-refractivity contribution in [2.45, 2.75) is 45.9 Å². The van der Waals surface area contributed by atoms with Gasteiger partial charge in [-0.3, -0.25) is 4.79 Å². The van der Waals surface area contributed by atoms with Crippen molar-refractivity contribution in [3.63, 3.8) is 0 Å². The number of rotatable bonds is 7. The predicted octanol–water partition coefficient (Wildman–Crippen LogP) is 5.02. The Hall–Kier alpha value is -2.40. The number of carbonyl (C=O) groups is 1.